The molecule has 1 unspecified atom stereocenters. The topological polar surface area (TPSA) is 29.5 Å². The van der Waals surface area contributed by atoms with E-state index in [2.05, 4.69) is 0 Å². The van der Waals surface area contributed by atoms with E-state index in [-0.39, 0.29) is 6.10 Å². The van der Waals surface area contributed by atoms with Gasteiger partial charge in [0, 0.05) is 6.61 Å². The van der Waals surface area contributed by atoms with Crippen LogP contribution in [0.3, 0.4) is 0 Å². The van der Waals surface area contributed by atoms with Crippen LogP contribution in [0.25, 0.3) is 0 Å². The van der Waals surface area contributed by atoms with E-state index in [0.717, 1.165) is 6.42 Å². The van der Waals surface area contributed by atoms with Gasteiger partial charge in [-0.15, -0.1) is 0 Å². The molecule has 1 radical (unpaired) electrons. The SMILES string of the molecule is OC1C[CH]COC1. The van der Waals surface area contributed by atoms with Crippen LogP contribution in [0.15, 0.2) is 0 Å². The number of rotatable bonds is 0. The predicted octanol–water partition coefficient (Wildman–Crippen LogP) is -0.0281. The van der Waals surface area contributed by atoms with Crippen LogP contribution < -0.4 is 0 Å². The predicted molar refractivity (Wildman–Crippen MR) is 25.7 cm³/mol. The maximum atomic E-state index is 8.75. The summed E-state index contributed by atoms with van der Waals surface area (Å²) in [4.78, 5) is 0. The minimum atomic E-state index is -0.242. The zero-order valence-corrected chi connectivity index (χ0v) is 4.13. The Morgan fingerprint density at radius 3 is 2.86 bits per heavy atom. The molecule has 1 fully saturated rings. The standard InChI is InChI=1S/C5H9O2/c6-5-2-1-3-7-4-5/h1,5-6H,2-4H2. The van der Waals surface area contributed by atoms with Crippen LogP contribution in [0.2, 0.25) is 0 Å². The molecule has 0 aromatic rings. The number of ether oxygens (including phenoxy) is 1. The Kier molecular flexibility index (Phi) is 1.65. The molecule has 2 heteroatoms. The third kappa shape index (κ3) is 1.45. The third-order valence-corrected chi connectivity index (χ3v) is 0.985. The molecular weight excluding hydrogens is 92.1 g/mol. The van der Waals surface area contributed by atoms with Crippen LogP contribution in [-0.4, -0.2) is 24.4 Å². The Labute approximate surface area is 43.1 Å². The summed E-state index contributed by atoms with van der Waals surface area (Å²) in [6.45, 7) is 1.22. The van der Waals surface area contributed by atoms with Gasteiger partial charge < -0.3 is 9.84 Å². The summed E-state index contributed by atoms with van der Waals surface area (Å²) in [5, 5.41) is 8.75. The number of hydrogen-bond donors (Lipinski definition) is 1. The van der Waals surface area contributed by atoms with E-state index in [1.54, 1.807) is 0 Å². The van der Waals surface area contributed by atoms with Gasteiger partial charge in [0.15, 0.2) is 0 Å². The lowest BCUT2D eigenvalue weighted by molar-refractivity contribution is 0.0179. The molecule has 1 aliphatic rings. The van der Waals surface area contributed by atoms with Crippen molar-refractivity contribution in [3.05, 3.63) is 6.42 Å². The maximum absolute atomic E-state index is 8.75. The maximum Gasteiger partial charge on any atom is 0.0777 e. The van der Waals surface area contributed by atoms with Gasteiger partial charge in [-0.05, 0) is 12.8 Å². The Morgan fingerprint density at radius 1 is 1.71 bits per heavy atom. The molecule has 0 aliphatic carbocycles. The molecule has 41 valence electrons. The van der Waals surface area contributed by atoms with E-state index < -0.39 is 0 Å². The van der Waals surface area contributed by atoms with E-state index in [4.69, 9.17) is 9.84 Å². The fraction of sp³-hybridized carbons (Fsp3) is 0.800. The van der Waals surface area contributed by atoms with Crippen LogP contribution in [0, 0.1) is 6.42 Å². The van der Waals surface area contributed by atoms with E-state index in [9.17, 15) is 0 Å². The summed E-state index contributed by atoms with van der Waals surface area (Å²) in [7, 11) is 0. The van der Waals surface area contributed by atoms with Crippen molar-refractivity contribution in [3.8, 4) is 0 Å². The van der Waals surface area contributed by atoms with Crippen LogP contribution in [0.1, 0.15) is 6.42 Å². The molecule has 0 aromatic carbocycles. The van der Waals surface area contributed by atoms with Gasteiger partial charge in [0.2, 0.25) is 0 Å². The molecule has 1 aliphatic heterocycles. The van der Waals surface area contributed by atoms with Crippen molar-refractivity contribution in [1.82, 2.24) is 0 Å². The lowest BCUT2D eigenvalue weighted by atomic mass is 10.2. The summed E-state index contributed by atoms with van der Waals surface area (Å²) in [5.41, 5.74) is 0. The molecule has 1 heterocycles. The molecule has 1 rings (SSSR count). The Balaban J connectivity index is 2.12. The number of hydrogen-bond acceptors (Lipinski definition) is 2. The monoisotopic (exact) mass is 101 g/mol. The van der Waals surface area contributed by atoms with Crippen molar-refractivity contribution in [3.63, 3.8) is 0 Å². The minimum absolute atomic E-state index is 0.242. The molecular formula is C5H9O2. The zero-order chi connectivity index (χ0) is 5.11. The highest BCUT2D eigenvalue weighted by Crippen LogP contribution is 2.02. The highest BCUT2D eigenvalue weighted by molar-refractivity contribution is 4.73. The summed E-state index contributed by atoms with van der Waals surface area (Å²) >= 11 is 0. The normalized spacial score (nSPS) is 33.0. The van der Waals surface area contributed by atoms with Crippen LogP contribution in [0.4, 0.5) is 0 Å². The van der Waals surface area contributed by atoms with Crippen molar-refractivity contribution in [2.75, 3.05) is 13.2 Å². The van der Waals surface area contributed by atoms with Gasteiger partial charge in [0.05, 0.1) is 12.7 Å². The van der Waals surface area contributed by atoms with Gasteiger partial charge >= 0.3 is 0 Å². The first-order valence-corrected chi connectivity index (χ1v) is 2.47. The lowest BCUT2D eigenvalue weighted by Crippen LogP contribution is -2.21. The van der Waals surface area contributed by atoms with E-state index in [0.29, 0.717) is 13.2 Å². The lowest BCUT2D eigenvalue weighted by Gasteiger charge is -2.15. The van der Waals surface area contributed by atoms with E-state index in [1.807, 2.05) is 6.42 Å². The second kappa shape index (κ2) is 2.28. The van der Waals surface area contributed by atoms with Crippen LogP contribution >= 0.6 is 0 Å². The number of aliphatic hydroxyl groups excluding tert-OH is 1. The minimum Gasteiger partial charge on any atom is -0.391 e. The molecule has 7 heavy (non-hydrogen) atoms. The molecule has 0 amide bonds. The second-order valence-corrected chi connectivity index (χ2v) is 1.72. The van der Waals surface area contributed by atoms with Crippen molar-refractivity contribution >= 4 is 0 Å². The molecule has 0 saturated carbocycles. The first-order chi connectivity index (χ1) is 3.39. The van der Waals surface area contributed by atoms with Crippen LogP contribution in [-0.2, 0) is 4.74 Å². The summed E-state index contributed by atoms with van der Waals surface area (Å²) in [6.07, 6.45) is 2.49. The fourth-order valence-electron chi connectivity index (χ4n) is 0.616. The Hall–Kier alpha value is -0.0800. The molecule has 1 N–H and O–H groups in total. The molecule has 0 bridgehead atoms. The highest BCUT2D eigenvalue weighted by Gasteiger charge is 2.08. The zero-order valence-electron chi connectivity index (χ0n) is 4.13. The van der Waals surface area contributed by atoms with Gasteiger partial charge in [0.25, 0.3) is 0 Å². The molecule has 1 atom stereocenters. The van der Waals surface area contributed by atoms with Gasteiger partial charge in [-0.2, -0.15) is 0 Å². The fourth-order valence-corrected chi connectivity index (χ4v) is 0.616. The van der Waals surface area contributed by atoms with Gasteiger partial charge in [-0.3, -0.25) is 0 Å². The van der Waals surface area contributed by atoms with Crippen molar-refractivity contribution in [2.24, 2.45) is 0 Å². The Bertz CT molecular complexity index is 48.0. The average molecular weight is 101 g/mol. The van der Waals surface area contributed by atoms with Gasteiger partial charge in [0.1, 0.15) is 0 Å². The second-order valence-electron chi connectivity index (χ2n) is 1.72. The molecule has 0 spiro atoms. The van der Waals surface area contributed by atoms with E-state index >= 15 is 0 Å². The smallest absolute Gasteiger partial charge is 0.0777 e. The summed E-state index contributed by atoms with van der Waals surface area (Å²) in [6, 6.07) is 0. The summed E-state index contributed by atoms with van der Waals surface area (Å²) in [5.74, 6) is 0. The average Bonchev–Trinajstić information content (AvgIpc) is 1.69. The van der Waals surface area contributed by atoms with Crippen molar-refractivity contribution < 1.29 is 9.84 Å². The Morgan fingerprint density at radius 2 is 2.57 bits per heavy atom. The first-order valence-electron chi connectivity index (χ1n) is 2.47. The van der Waals surface area contributed by atoms with Crippen molar-refractivity contribution in [1.29, 1.82) is 0 Å². The quantitative estimate of drug-likeness (QED) is 0.464. The third-order valence-electron chi connectivity index (χ3n) is 0.985. The highest BCUT2D eigenvalue weighted by atomic mass is 16.5. The summed E-state index contributed by atoms with van der Waals surface area (Å²) < 4.78 is 4.88. The van der Waals surface area contributed by atoms with Crippen molar-refractivity contribution in [2.45, 2.75) is 12.5 Å². The largest absolute Gasteiger partial charge is 0.391 e. The van der Waals surface area contributed by atoms with Crippen LogP contribution in [0.5, 0.6) is 0 Å². The number of aliphatic hydroxyl groups is 1. The van der Waals surface area contributed by atoms with E-state index in [1.165, 1.54) is 0 Å². The first kappa shape index (κ1) is 5.06. The molecule has 0 aromatic heterocycles. The van der Waals surface area contributed by atoms with Gasteiger partial charge in [-0.1, -0.05) is 0 Å². The van der Waals surface area contributed by atoms with Gasteiger partial charge in [-0.25, -0.2) is 0 Å². The molecule has 2 nitrogen and oxygen atoms in total. The molecule has 1 saturated heterocycles.